The molecule has 1 aromatic heterocycles. The summed E-state index contributed by atoms with van der Waals surface area (Å²) in [6, 6.07) is 12.9. The van der Waals surface area contributed by atoms with Gasteiger partial charge in [-0.2, -0.15) is 10.1 Å². The number of nitrogens with one attached hydrogen (secondary N) is 1. The normalized spacial score (nSPS) is 17.8. The topological polar surface area (TPSA) is 81.4 Å². The minimum absolute atomic E-state index is 0.127. The van der Waals surface area contributed by atoms with Gasteiger partial charge in [-0.15, -0.1) is 0 Å². The summed E-state index contributed by atoms with van der Waals surface area (Å²) >= 11 is 0. The largest absolute Gasteiger partial charge is 0.508 e. The van der Waals surface area contributed by atoms with Gasteiger partial charge in [-0.1, -0.05) is 12.1 Å². The minimum Gasteiger partial charge on any atom is -0.508 e. The maximum Gasteiger partial charge on any atom is 0.226 e. The Kier molecular flexibility index (Phi) is 3.31. The number of rotatable bonds is 2. The Morgan fingerprint density at radius 3 is 2.69 bits per heavy atom. The second-order valence-electron chi connectivity index (χ2n) is 6.13. The highest BCUT2D eigenvalue weighted by molar-refractivity contribution is 5.78. The molecule has 3 aromatic rings. The van der Waals surface area contributed by atoms with Crippen molar-refractivity contribution in [1.29, 1.82) is 0 Å². The molecule has 0 unspecified atom stereocenters. The number of fused-ring (bicyclic) bond motifs is 2. The van der Waals surface area contributed by atoms with Crippen LogP contribution in [0.25, 0.3) is 5.70 Å². The summed E-state index contributed by atoms with van der Waals surface area (Å²) < 4.78 is 13.1. The fourth-order valence-corrected chi connectivity index (χ4v) is 3.22. The lowest BCUT2D eigenvalue weighted by molar-refractivity contribution is 0.171. The lowest BCUT2D eigenvalue weighted by atomic mass is 10.0. The lowest BCUT2D eigenvalue weighted by Crippen LogP contribution is -2.20. The molecule has 0 saturated carbocycles. The van der Waals surface area contributed by atoms with Gasteiger partial charge in [-0.3, -0.25) is 0 Å². The van der Waals surface area contributed by atoms with Gasteiger partial charge in [-0.25, -0.2) is 4.68 Å². The Morgan fingerprint density at radius 1 is 1.04 bits per heavy atom. The maximum atomic E-state index is 9.56. The van der Waals surface area contributed by atoms with Crippen molar-refractivity contribution in [3.05, 3.63) is 66.0 Å². The number of phenolic OH excluding ortho intramolecular Hbond substituents is 1. The molecule has 2 aliphatic heterocycles. The number of nitrogens with zero attached hydrogens (tertiary/aromatic N) is 3. The van der Waals surface area contributed by atoms with Crippen molar-refractivity contribution in [2.45, 2.75) is 6.04 Å². The molecule has 0 amide bonds. The summed E-state index contributed by atoms with van der Waals surface area (Å²) in [7, 11) is 0. The molecule has 2 N–H and O–H groups in total. The third-order valence-electron chi connectivity index (χ3n) is 4.50. The number of phenols is 1. The zero-order valence-corrected chi connectivity index (χ0v) is 13.8. The van der Waals surface area contributed by atoms with Gasteiger partial charge in [0.2, 0.25) is 5.95 Å². The van der Waals surface area contributed by atoms with Crippen molar-refractivity contribution in [3.63, 3.8) is 0 Å². The number of ether oxygens (including phenoxy) is 2. The molecular formula is C19H16N4O3. The smallest absolute Gasteiger partial charge is 0.226 e. The van der Waals surface area contributed by atoms with E-state index < -0.39 is 0 Å². The molecule has 7 nitrogen and oxygen atoms in total. The van der Waals surface area contributed by atoms with E-state index >= 15 is 0 Å². The highest BCUT2D eigenvalue weighted by Crippen LogP contribution is 2.36. The van der Waals surface area contributed by atoms with Gasteiger partial charge in [0.05, 0.1) is 0 Å². The molecule has 0 bridgehead atoms. The predicted octanol–water partition coefficient (Wildman–Crippen LogP) is 2.81. The summed E-state index contributed by atoms with van der Waals surface area (Å²) in [5, 5.41) is 17.2. The maximum absolute atomic E-state index is 9.56. The van der Waals surface area contributed by atoms with Crippen molar-refractivity contribution < 1.29 is 14.6 Å². The van der Waals surface area contributed by atoms with Gasteiger partial charge in [0.15, 0.2) is 11.5 Å². The number of hydrogen-bond donors (Lipinski definition) is 2. The number of aromatic nitrogens is 3. The fourth-order valence-electron chi connectivity index (χ4n) is 3.22. The van der Waals surface area contributed by atoms with Crippen LogP contribution in [0.5, 0.6) is 17.2 Å². The van der Waals surface area contributed by atoms with E-state index in [-0.39, 0.29) is 11.8 Å². The van der Waals surface area contributed by atoms with E-state index in [2.05, 4.69) is 21.5 Å². The average molecular weight is 348 g/mol. The van der Waals surface area contributed by atoms with Crippen molar-refractivity contribution in [3.8, 4) is 17.2 Å². The van der Waals surface area contributed by atoms with E-state index in [1.54, 1.807) is 12.1 Å². The molecular weight excluding hydrogens is 332 g/mol. The SMILES string of the molecule is Oc1ccc([C@H]2C=C(c3ccc4c(c3)OCCO4)Nc3ncnn32)cc1. The lowest BCUT2D eigenvalue weighted by Gasteiger charge is -2.25. The first-order valence-electron chi connectivity index (χ1n) is 8.35. The summed E-state index contributed by atoms with van der Waals surface area (Å²) in [6.07, 6.45) is 3.61. The van der Waals surface area contributed by atoms with Gasteiger partial charge in [0.25, 0.3) is 0 Å². The van der Waals surface area contributed by atoms with E-state index in [9.17, 15) is 5.11 Å². The average Bonchev–Trinajstić information content (AvgIpc) is 3.16. The van der Waals surface area contributed by atoms with E-state index in [1.165, 1.54) is 6.33 Å². The number of allylic oxidation sites excluding steroid dienone is 1. The van der Waals surface area contributed by atoms with Gasteiger partial charge >= 0.3 is 0 Å². The monoisotopic (exact) mass is 348 g/mol. The molecule has 0 saturated heterocycles. The summed E-state index contributed by atoms with van der Waals surface area (Å²) in [5.41, 5.74) is 2.90. The molecule has 0 spiro atoms. The highest BCUT2D eigenvalue weighted by Gasteiger charge is 2.24. The van der Waals surface area contributed by atoms with Crippen LogP contribution in [0.15, 0.2) is 54.9 Å². The molecule has 2 aliphatic rings. The predicted molar refractivity (Wildman–Crippen MR) is 95.3 cm³/mol. The molecule has 3 heterocycles. The second kappa shape index (κ2) is 5.80. The van der Waals surface area contributed by atoms with Crippen LogP contribution in [0.4, 0.5) is 5.95 Å². The first-order chi connectivity index (χ1) is 12.8. The first-order valence-corrected chi connectivity index (χ1v) is 8.35. The van der Waals surface area contributed by atoms with Crippen molar-refractivity contribution in [2.24, 2.45) is 0 Å². The van der Waals surface area contributed by atoms with E-state index in [1.807, 2.05) is 35.0 Å². The van der Waals surface area contributed by atoms with Crippen molar-refractivity contribution in [1.82, 2.24) is 14.8 Å². The van der Waals surface area contributed by atoms with Crippen LogP contribution >= 0.6 is 0 Å². The third kappa shape index (κ3) is 2.45. The Bertz CT molecular complexity index is 994. The van der Waals surface area contributed by atoms with Crippen LogP contribution in [0, 0.1) is 0 Å². The zero-order valence-electron chi connectivity index (χ0n) is 13.8. The molecule has 2 aromatic carbocycles. The van der Waals surface area contributed by atoms with Gasteiger partial charge < -0.3 is 19.9 Å². The van der Waals surface area contributed by atoms with Crippen LogP contribution in [0.3, 0.4) is 0 Å². The summed E-state index contributed by atoms with van der Waals surface area (Å²) in [6.45, 7) is 1.12. The third-order valence-corrected chi connectivity index (χ3v) is 4.50. The quantitative estimate of drug-likeness (QED) is 0.741. The molecule has 0 radical (unpaired) electrons. The van der Waals surface area contributed by atoms with Gasteiger partial charge in [0.1, 0.15) is 31.3 Å². The Hall–Kier alpha value is -3.48. The molecule has 0 aliphatic carbocycles. The zero-order chi connectivity index (χ0) is 17.5. The number of aromatic hydroxyl groups is 1. The summed E-state index contributed by atoms with van der Waals surface area (Å²) in [4.78, 5) is 4.31. The molecule has 5 rings (SSSR count). The van der Waals surface area contributed by atoms with E-state index in [0.29, 0.717) is 19.2 Å². The molecule has 130 valence electrons. The number of hydrogen-bond acceptors (Lipinski definition) is 6. The number of benzene rings is 2. The van der Waals surface area contributed by atoms with Crippen molar-refractivity contribution in [2.75, 3.05) is 18.5 Å². The molecule has 1 atom stereocenters. The minimum atomic E-state index is -0.127. The fraction of sp³-hybridized carbons (Fsp3) is 0.158. The van der Waals surface area contributed by atoms with Crippen LogP contribution in [-0.2, 0) is 0 Å². The molecule has 7 heteroatoms. The van der Waals surface area contributed by atoms with Crippen LogP contribution < -0.4 is 14.8 Å². The van der Waals surface area contributed by atoms with Crippen LogP contribution in [0.1, 0.15) is 17.2 Å². The van der Waals surface area contributed by atoms with E-state index in [0.717, 1.165) is 28.3 Å². The van der Waals surface area contributed by atoms with Crippen LogP contribution in [0.2, 0.25) is 0 Å². The Morgan fingerprint density at radius 2 is 1.85 bits per heavy atom. The number of anilines is 1. The Balaban J connectivity index is 1.57. The highest BCUT2D eigenvalue weighted by atomic mass is 16.6. The van der Waals surface area contributed by atoms with Gasteiger partial charge in [0, 0.05) is 11.3 Å². The first kappa shape index (κ1) is 14.8. The van der Waals surface area contributed by atoms with Crippen LogP contribution in [-0.4, -0.2) is 33.1 Å². The summed E-state index contributed by atoms with van der Waals surface area (Å²) in [5.74, 6) is 2.40. The second-order valence-corrected chi connectivity index (χ2v) is 6.13. The molecule has 26 heavy (non-hydrogen) atoms. The standard InChI is InChI=1S/C19H16N4O3/c24-14-4-1-12(2-5-14)16-10-15(22-19-20-11-21-23(16)19)13-3-6-17-18(9-13)26-8-7-25-17/h1-6,9-11,16,24H,7-8H2,(H,20,21,22)/t16-/m1/s1. The van der Waals surface area contributed by atoms with Gasteiger partial charge in [-0.05, 0) is 42.0 Å². The van der Waals surface area contributed by atoms with E-state index in [4.69, 9.17) is 9.47 Å². The molecule has 0 fully saturated rings. The van der Waals surface area contributed by atoms with Crippen molar-refractivity contribution >= 4 is 11.6 Å². The Labute approximate surface area is 149 Å².